The Bertz CT molecular complexity index is 600. The second-order valence-corrected chi connectivity index (χ2v) is 6.53. The zero-order valence-corrected chi connectivity index (χ0v) is 13.3. The molecule has 1 fully saturated rings. The van der Waals surface area contributed by atoms with Gasteiger partial charge < -0.3 is 5.32 Å². The van der Waals surface area contributed by atoms with E-state index in [-0.39, 0.29) is 0 Å². The lowest BCUT2D eigenvalue weighted by molar-refractivity contribution is 0.266. The minimum absolute atomic E-state index is 0.396. The zero-order valence-electron chi connectivity index (χ0n) is 13.3. The van der Waals surface area contributed by atoms with Crippen molar-refractivity contribution >= 4 is 10.8 Å². The highest BCUT2D eigenvalue weighted by Crippen LogP contribution is 2.25. The van der Waals surface area contributed by atoms with Crippen LogP contribution in [0.1, 0.15) is 38.8 Å². The molecular weight excluding hydrogens is 256 g/mol. The number of nitrogens with zero attached hydrogens (tertiary/aromatic N) is 1. The van der Waals surface area contributed by atoms with Crippen molar-refractivity contribution in [3.8, 4) is 0 Å². The standard InChI is InChI=1S/C19H26N2/c1-14(2)21-12-11-17(13-21)20-15(3)18-10-6-8-16-7-4-5-9-19(16)18/h4-10,14-15,17,20H,11-13H2,1-3H3. The molecule has 1 aliphatic rings. The number of nitrogens with one attached hydrogen (secondary N) is 1. The van der Waals surface area contributed by atoms with Gasteiger partial charge in [0.1, 0.15) is 0 Å². The van der Waals surface area contributed by atoms with Crippen LogP contribution >= 0.6 is 0 Å². The lowest BCUT2D eigenvalue weighted by Crippen LogP contribution is -2.36. The fraction of sp³-hybridized carbons (Fsp3) is 0.474. The van der Waals surface area contributed by atoms with Gasteiger partial charge in [0, 0.05) is 24.7 Å². The van der Waals surface area contributed by atoms with E-state index in [4.69, 9.17) is 0 Å². The maximum Gasteiger partial charge on any atom is 0.0301 e. The van der Waals surface area contributed by atoms with Crippen molar-refractivity contribution in [1.82, 2.24) is 10.2 Å². The van der Waals surface area contributed by atoms with E-state index >= 15 is 0 Å². The predicted molar refractivity (Wildman–Crippen MR) is 90.6 cm³/mol. The first-order chi connectivity index (χ1) is 10.1. The SMILES string of the molecule is CC(NC1CCN(C(C)C)C1)c1cccc2ccccc12. The summed E-state index contributed by atoms with van der Waals surface area (Å²) in [5.74, 6) is 0. The van der Waals surface area contributed by atoms with Crippen LogP contribution in [0.2, 0.25) is 0 Å². The molecule has 1 heterocycles. The highest BCUT2D eigenvalue weighted by molar-refractivity contribution is 5.86. The highest BCUT2D eigenvalue weighted by Gasteiger charge is 2.25. The summed E-state index contributed by atoms with van der Waals surface area (Å²) in [6.07, 6.45) is 1.26. The van der Waals surface area contributed by atoms with Gasteiger partial charge in [0.2, 0.25) is 0 Å². The Hall–Kier alpha value is -1.38. The van der Waals surface area contributed by atoms with E-state index in [1.54, 1.807) is 0 Å². The highest BCUT2D eigenvalue weighted by atomic mass is 15.2. The average Bonchev–Trinajstić information content (AvgIpc) is 2.95. The van der Waals surface area contributed by atoms with Crippen molar-refractivity contribution in [2.45, 2.75) is 45.3 Å². The van der Waals surface area contributed by atoms with Crippen molar-refractivity contribution in [2.24, 2.45) is 0 Å². The van der Waals surface area contributed by atoms with Crippen molar-refractivity contribution in [1.29, 1.82) is 0 Å². The summed E-state index contributed by atoms with van der Waals surface area (Å²) in [5, 5.41) is 6.54. The molecule has 1 aliphatic heterocycles. The Morgan fingerprint density at radius 1 is 1.05 bits per heavy atom. The number of fused-ring (bicyclic) bond motifs is 1. The number of hydrogen-bond acceptors (Lipinski definition) is 2. The maximum atomic E-state index is 3.83. The van der Waals surface area contributed by atoms with Gasteiger partial charge in [0.25, 0.3) is 0 Å². The van der Waals surface area contributed by atoms with Crippen LogP contribution in [0.3, 0.4) is 0 Å². The molecule has 0 bridgehead atoms. The molecular formula is C19H26N2. The second kappa shape index (κ2) is 6.17. The summed E-state index contributed by atoms with van der Waals surface area (Å²) in [5.41, 5.74) is 1.41. The molecule has 2 unspecified atom stereocenters. The van der Waals surface area contributed by atoms with Gasteiger partial charge in [-0.25, -0.2) is 0 Å². The topological polar surface area (TPSA) is 15.3 Å². The molecule has 2 nitrogen and oxygen atoms in total. The van der Waals surface area contributed by atoms with E-state index in [0.717, 1.165) is 0 Å². The van der Waals surface area contributed by atoms with Crippen LogP contribution < -0.4 is 5.32 Å². The monoisotopic (exact) mass is 282 g/mol. The zero-order chi connectivity index (χ0) is 14.8. The Morgan fingerprint density at radius 3 is 2.57 bits per heavy atom. The Labute approximate surface area is 128 Å². The molecule has 2 heteroatoms. The number of likely N-dealkylation sites (tertiary alicyclic amines) is 1. The van der Waals surface area contributed by atoms with Crippen LogP contribution in [0.5, 0.6) is 0 Å². The fourth-order valence-electron chi connectivity index (χ4n) is 3.46. The van der Waals surface area contributed by atoms with Gasteiger partial charge in [-0.15, -0.1) is 0 Å². The second-order valence-electron chi connectivity index (χ2n) is 6.53. The first kappa shape index (κ1) is 14.6. The summed E-state index contributed by atoms with van der Waals surface area (Å²) in [4.78, 5) is 2.56. The largest absolute Gasteiger partial charge is 0.306 e. The maximum absolute atomic E-state index is 3.83. The summed E-state index contributed by atoms with van der Waals surface area (Å²) in [7, 11) is 0. The van der Waals surface area contributed by atoms with Crippen molar-refractivity contribution in [3.05, 3.63) is 48.0 Å². The van der Waals surface area contributed by atoms with Crippen LogP contribution in [0.25, 0.3) is 10.8 Å². The Morgan fingerprint density at radius 2 is 1.81 bits per heavy atom. The molecule has 0 aliphatic carbocycles. The average molecular weight is 282 g/mol. The molecule has 0 amide bonds. The van der Waals surface area contributed by atoms with Crippen LogP contribution in [-0.4, -0.2) is 30.1 Å². The predicted octanol–water partition coefficient (Wildman–Crippen LogP) is 3.97. The smallest absolute Gasteiger partial charge is 0.0301 e. The number of hydrogen-bond donors (Lipinski definition) is 1. The summed E-state index contributed by atoms with van der Waals surface area (Å²) in [6.45, 7) is 9.26. The third-order valence-electron chi connectivity index (χ3n) is 4.73. The van der Waals surface area contributed by atoms with Crippen molar-refractivity contribution in [2.75, 3.05) is 13.1 Å². The first-order valence-electron chi connectivity index (χ1n) is 8.13. The van der Waals surface area contributed by atoms with E-state index in [1.165, 1.54) is 35.8 Å². The normalized spacial score (nSPS) is 21.2. The van der Waals surface area contributed by atoms with Gasteiger partial charge in [0.15, 0.2) is 0 Å². The molecule has 2 aromatic carbocycles. The molecule has 21 heavy (non-hydrogen) atoms. The van der Waals surface area contributed by atoms with E-state index < -0.39 is 0 Å². The third-order valence-corrected chi connectivity index (χ3v) is 4.73. The minimum atomic E-state index is 0.396. The Balaban J connectivity index is 1.74. The quantitative estimate of drug-likeness (QED) is 0.912. The third kappa shape index (κ3) is 3.12. The number of rotatable bonds is 4. The summed E-state index contributed by atoms with van der Waals surface area (Å²) in [6, 6.07) is 17.0. The van der Waals surface area contributed by atoms with Crippen LogP contribution in [-0.2, 0) is 0 Å². The molecule has 112 valence electrons. The lowest BCUT2D eigenvalue weighted by Gasteiger charge is -2.23. The molecule has 0 radical (unpaired) electrons. The molecule has 2 atom stereocenters. The van der Waals surface area contributed by atoms with Crippen molar-refractivity contribution in [3.63, 3.8) is 0 Å². The molecule has 3 rings (SSSR count). The molecule has 0 aromatic heterocycles. The van der Waals surface area contributed by atoms with Crippen LogP contribution in [0.4, 0.5) is 0 Å². The van der Waals surface area contributed by atoms with Crippen LogP contribution in [0.15, 0.2) is 42.5 Å². The fourth-order valence-corrected chi connectivity index (χ4v) is 3.46. The van der Waals surface area contributed by atoms with Gasteiger partial charge in [-0.2, -0.15) is 0 Å². The van der Waals surface area contributed by atoms with E-state index in [1.807, 2.05) is 0 Å². The van der Waals surface area contributed by atoms with Crippen molar-refractivity contribution < 1.29 is 0 Å². The van der Waals surface area contributed by atoms with E-state index in [2.05, 4.69) is 73.5 Å². The minimum Gasteiger partial charge on any atom is -0.306 e. The van der Waals surface area contributed by atoms with Gasteiger partial charge in [0.05, 0.1) is 0 Å². The molecule has 0 saturated carbocycles. The molecule has 1 N–H and O–H groups in total. The van der Waals surface area contributed by atoms with Crippen LogP contribution in [0, 0.1) is 0 Å². The van der Waals surface area contributed by atoms with Gasteiger partial charge >= 0.3 is 0 Å². The van der Waals surface area contributed by atoms with Gasteiger partial charge in [-0.05, 0) is 50.1 Å². The number of benzene rings is 2. The molecule has 0 spiro atoms. The lowest BCUT2D eigenvalue weighted by atomic mass is 9.99. The van der Waals surface area contributed by atoms with E-state index in [9.17, 15) is 0 Å². The summed E-state index contributed by atoms with van der Waals surface area (Å²) >= 11 is 0. The molecule has 2 aromatic rings. The summed E-state index contributed by atoms with van der Waals surface area (Å²) < 4.78 is 0. The van der Waals surface area contributed by atoms with Gasteiger partial charge in [-0.1, -0.05) is 42.5 Å². The van der Waals surface area contributed by atoms with Gasteiger partial charge in [-0.3, -0.25) is 4.90 Å². The Kier molecular flexibility index (Phi) is 4.27. The molecule has 1 saturated heterocycles. The van der Waals surface area contributed by atoms with E-state index in [0.29, 0.717) is 18.1 Å². The first-order valence-corrected chi connectivity index (χ1v) is 8.13.